The molecule has 6 heteroatoms. The predicted molar refractivity (Wildman–Crippen MR) is 104 cm³/mol. The fourth-order valence-electron chi connectivity index (χ4n) is 4.29. The highest BCUT2D eigenvalue weighted by Crippen LogP contribution is 2.36. The number of aromatic nitrogens is 2. The van der Waals surface area contributed by atoms with E-state index in [1.165, 1.54) is 41.0 Å². The minimum atomic E-state index is 0.0614. The van der Waals surface area contributed by atoms with Crippen molar-refractivity contribution in [1.29, 1.82) is 0 Å². The molecule has 4 nitrogen and oxygen atoms in total. The van der Waals surface area contributed by atoms with Crippen molar-refractivity contribution in [3.63, 3.8) is 0 Å². The van der Waals surface area contributed by atoms with E-state index in [0.29, 0.717) is 6.04 Å². The lowest BCUT2D eigenvalue weighted by Crippen LogP contribution is -2.25. The van der Waals surface area contributed by atoms with E-state index in [1.54, 1.807) is 11.3 Å². The first kappa shape index (κ1) is 15.7. The molecule has 3 aromatic rings. The molecular formula is C19H21N3OS2. The average Bonchev–Trinajstić information content (AvgIpc) is 3.33. The third-order valence-electron chi connectivity index (χ3n) is 5.46. The summed E-state index contributed by atoms with van der Waals surface area (Å²) in [5.41, 5.74) is 1.33. The number of H-pyrrole nitrogens is 1. The molecule has 5 rings (SSSR count). The molecule has 1 saturated heterocycles. The van der Waals surface area contributed by atoms with Crippen molar-refractivity contribution in [3.8, 4) is 0 Å². The normalized spacial score (nSPS) is 21.0. The van der Waals surface area contributed by atoms with Gasteiger partial charge in [-0.2, -0.15) is 0 Å². The van der Waals surface area contributed by atoms with Gasteiger partial charge in [-0.15, -0.1) is 22.7 Å². The van der Waals surface area contributed by atoms with Crippen LogP contribution in [-0.2, 0) is 19.4 Å². The highest BCUT2D eigenvalue weighted by molar-refractivity contribution is 7.18. The van der Waals surface area contributed by atoms with Gasteiger partial charge in [-0.25, -0.2) is 4.98 Å². The van der Waals surface area contributed by atoms with Crippen LogP contribution in [0.1, 0.15) is 52.9 Å². The Balaban J connectivity index is 1.48. The Morgan fingerprint density at radius 1 is 1.28 bits per heavy atom. The molecule has 0 aromatic carbocycles. The number of aromatic amines is 1. The largest absolute Gasteiger partial charge is 0.309 e. The van der Waals surface area contributed by atoms with Crippen LogP contribution in [0.25, 0.3) is 10.2 Å². The predicted octanol–water partition coefficient (Wildman–Crippen LogP) is 4.26. The molecule has 1 fully saturated rings. The number of hydrogen-bond acceptors (Lipinski definition) is 5. The first-order chi connectivity index (χ1) is 12.3. The molecule has 4 heterocycles. The molecule has 0 spiro atoms. The van der Waals surface area contributed by atoms with E-state index < -0.39 is 0 Å². The zero-order valence-corrected chi connectivity index (χ0v) is 15.7. The van der Waals surface area contributed by atoms with Gasteiger partial charge in [-0.3, -0.25) is 9.69 Å². The lowest BCUT2D eigenvalue weighted by Gasteiger charge is -2.22. The SMILES string of the molecule is O=c1[nH]c(CN2CCC[C@@H]2c2cccs2)nc2sc3c(c12)CCCC3. The Morgan fingerprint density at radius 3 is 3.08 bits per heavy atom. The van der Waals surface area contributed by atoms with Gasteiger partial charge in [0, 0.05) is 15.8 Å². The van der Waals surface area contributed by atoms with E-state index >= 15 is 0 Å². The summed E-state index contributed by atoms with van der Waals surface area (Å²) >= 11 is 3.56. The van der Waals surface area contributed by atoms with Crippen LogP contribution in [0.4, 0.5) is 0 Å². The highest BCUT2D eigenvalue weighted by atomic mass is 32.1. The summed E-state index contributed by atoms with van der Waals surface area (Å²) in [6.45, 7) is 1.81. The van der Waals surface area contributed by atoms with Gasteiger partial charge in [0.2, 0.25) is 0 Å². The lowest BCUT2D eigenvalue weighted by molar-refractivity contribution is 0.245. The highest BCUT2D eigenvalue weighted by Gasteiger charge is 2.28. The van der Waals surface area contributed by atoms with Crippen LogP contribution in [0.15, 0.2) is 22.3 Å². The van der Waals surface area contributed by atoms with Crippen molar-refractivity contribution >= 4 is 32.9 Å². The van der Waals surface area contributed by atoms with E-state index in [1.807, 2.05) is 11.3 Å². The molecule has 0 amide bonds. The number of likely N-dealkylation sites (tertiary alicyclic amines) is 1. The first-order valence-electron chi connectivity index (χ1n) is 9.10. The van der Waals surface area contributed by atoms with Gasteiger partial charge >= 0.3 is 0 Å². The third kappa shape index (κ3) is 2.76. The number of fused-ring (bicyclic) bond motifs is 3. The standard InChI is InChI=1S/C19H21N3OS2/c23-18-17-12-5-1-2-7-14(12)25-19(17)21-16(20-18)11-22-9-3-6-13(22)15-8-4-10-24-15/h4,8,10,13H,1-3,5-7,9,11H2,(H,20,21,23)/t13-/m1/s1. The number of nitrogens with zero attached hydrogens (tertiary/aromatic N) is 2. The Morgan fingerprint density at radius 2 is 2.20 bits per heavy atom. The van der Waals surface area contributed by atoms with Crippen LogP contribution in [0, 0.1) is 0 Å². The summed E-state index contributed by atoms with van der Waals surface area (Å²) in [5, 5.41) is 3.01. The van der Waals surface area contributed by atoms with Crippen LogP contribution in [0.5, 0.6) is 0 Å². The molecule has 0 radical (unpaired) electrons. The van der Waals surface area contributed by atoms with Crippen LogP contribution in [-0.4, -0.2) is 21.4 Å². The van der Waals surface area contributed by atoms with Gasteiger partial charge in [0.25, 0.3) is 5.56 Å². The Bertz CT molecular complexity index is 957. The van der Waals surface area contributed by atoms with Crippen molar-refractivity contribution in [1.82, 2.24) is 14.9 Å². The fraction of sp³-hybridized carbons (Fsp3) is 0.474. The molecule has 1 atom stereocenters. The van der Waals surface area contributed by atoms with Crippen molar-refractivity contribution in [2.45, 2.75) is 51.1 Å². The maximum Gasteiger partial charge on any atom is 0.259 e. The molecule has 2 aliphatic rings. The molecule has 130 valence electrons. The topological polar surface area (TPSA) is 49.0 Å². The van der Waals surface area contributed by atoms with Crippen LogP contribution in [0.3, 0.4) is 0 Å². The number of thiophene rings is 2. The van der Waals surface area contributed by atoms with Crippen molar-refractivity contribution in [3.05, 3.63) is 49.0 Å². The van der Waals surface area contributed by atoms with Gasteiger partial charge in [0.1, 0.15) is 10.7 Å². The van der Waals surface area contributed by atoms with Gasteiger partial charge < -0.3 is 4.98 Å². The molecule has 0 unspecified atom stereocenters. The van der Waals surface area contributed by atoms with Crippen LogP contribution >= 0.6 is 22.7 Å². The number of aryl methyl sites for hydroxylation is 2. The molecule has 1 aliphatic carbocycles. The summed E-state index contributed by atoms with van der Waals surface area (Å²) in [6, 6.07) is 4.82. The first-order valence-corrected chi connectivity index (χ1v) is 10.8. The number of rotatable bonds is 3. The van der Waals surface area contributed by atoms with Crippen molar-refractivity contribution in [2.75, 3.05) is 6.54 Å². The van der Waals surface area contributed by atoms with E-state index in [9.17, 15) is 4.79 Å². The second kappa shape index (κ2) is 6.34. The summed E-state index contributed by atoms with van der Waals surface area (Å²) < 4.78 is 0. The number of hydrogen-bond donors (Lipinski definition) is 1. The van der Waals surface area contributed by atoms with Crippen LogP contribution in [0.2, 0.25) is 0 Å². The molecular weight excluding hydrogens is 350 g/mol. The number of nitrogens with one attached hydrogen (secondary N) is 1. The second-order valence-corrected chi connectivity index (χ2v) is 9.11. The Kier molecular flexibility index (Phi) is 3.99. The van der Waals surface area contributed by atoms with Crippen LogP contribution < -0.4 is 5.56 Å². The molecule has 25 heavy (non-hydrogen) atoms. The summed E-state index contributed by atoms with van der Waals surface area (Å²) in [6.07, 6.45) is 6.98. The third-order valence-corrected chi connectivity index (χ3v) is 7.62. The smallest absolute Gasteiger partial charge is 0.259 e. The Labute approximate surface area is 154 Å². The summed E-state index contributed by atoms with van der Waals surface area (Å²) in [7, 11) is 0. The fourth-order valence-corrected chi connectivity index (χ4v) is 6.47. The molecule has 3 aromatic heterocycles. The lowest BCUT2D eigenvalue weighted by atomic mass is 9.97. The van der Waals surface area contributed by atoms with E-state index in [2.05, 4.69) is 27.4 Å². The van der Waals surface area contributed by atoms with E-state index in [4.69, 9.17) is 4.98 Å². The summed E-state index contributed by atoms with van der Waals surface area (Å²) in [4.78, 5) is 26.8. The average molecular weight is 372 g/mol. The second-order valence-electron chi connectivity index (χ2n) is 7.05. The monoisotopic (exact) mass is 371 g/mol. The zero-order valence-electron chi connectivity index (χ0n) is 14.1. The quantitative estimate of drug-likeness (QED) is 0.748. The van der Waals surface area contributed by atoms with Gasteiger partial charge in [-0.05, 0) is 62.1 Å². The van der Waals surface area contributed by atoms with Gasteiger partial charge in [0.15, 0.2) is 0 Å². The van der Waals surface area contributed by atoms with Crippen molar-refractivity contribution < 1.29 is 0 Å². The maximum atomic E-state index is 12.7. The minimum absolute atomic E-state index is 0.0614. The molecule has 0 bridgehead atoms. The van der Waals surface area contributed by atoms with Gasteiger partial charge in [-0.1, -0.05) is 6.07 Å². The summed E-state index contributed by atoms with van der Waals surface area (Å²) in [5.74, 6) is 0.819. The van der Waals surface area contributed by atoms with E-state index in [-0.39, 0.29) is 5.56 Å². The van der Waals surface area contributed by atoms with Crippen molar-refractivity contribution in [2.24, 2.45) is 0 Å². The maximum absolute atomic E-state index is 12.7. The van der Waals surface area contributed by atoms with E-state index in [0.717, 1.165) is 42.0 Å². The molecule has 1 N–H and O–H groups in total. The van der Waals surface area contributed by atoms with Gasteiger partial charge in [0.05, 0.1) is 11.9 Å². The molecule has 1 aliphatic heterocycles. The minimum Gasteiger partial charge on any atom is -0.309 e. The molecule has 0 saturated carbocycles. The Hall–Kier alpha value is -1.50. The zero-order chi connectivity index (χ0) is 16.8.